The van der Waals surface area contributed by atoms with E-state index in [2.05, 4.69) is 26.0 Å². The van der Waals surface area contributed by atoms with Crippen molar-refractivity contribution in [2.45, 2.75) is 11.4 Å². The van der Waals surface area contributed by atoms with E-state index >= 15 is 0 Å². The highest BCUT2D eigenvalue weighted by Gasteiger charge is 2.16. The van der Waals surface area contributed by atoms with Crippen LogP contribution in [0.1, 0.15) is 4.88 Å². The standard InChI is InChI=1S/C12H12BrFN2O2S2/c1-15-6-9-5-10(7-19-9)20(17,18)16-8-2-3-12(14)11(13)4-8/h2-5,7,15-16H,6H2,1H3. The maximum absolute atomic E-state index is 13.1. The topological polar surface area (TPSA) is 58.2 Å². The lowest BCUT2D eigenvalue weighted by Crippen LogP contribution is -2.12. The molecule has 0 atom stereocenters. The summed E-state index contributed by atoms with van der Waals surface area (Å²) >= 11 is 4.38. The molecular weight excluding hydrogens is 367 g/mol. The Morgan fingerprint density at radius 3 is 2.75 bits per heavy atom. The molecule has 20 heavy (non-hydrogen) atoms. The predicted octanol–water partition coefficient (Wildman–Crippen LogP) is 3.17. The van der Waals surface area contributed by atoms with Crippen LogP contribution in [0, 0.1) is 5.82 Å². The monoisotopic (exact) mass is 378 g/mol. The molecule has 0 aliphatic carbocycles. The molecule has 0 aliphatic heterocycles. The van der Waals surface area contributed by atoms with Crippen molar-refractivity contribution >= 4 is 43.0 Å². The highest BCUT2D eigenvalue weighted by molar-refractivity contribution is 9.10. The highest BCUT2D eigenvalue weighted by atomic mass is 79.9. The zero-order valence-electron chi connectivity index (χ0n) is 10.5. The number of nitrogens with one attached hydrogen (secondary N) is 2. The summed E-state index contributed by atoms with van der Waals surface area (Å²) in [5.74, 6) is -0.445. The van der Waals surface area contributed by atoms with E-state index in [1.54, 1.807) is 18.5 Å². The normalized spacial score (nSPS) is 11.6. The molecule has 0 amide bonds. The van der Waals surface area contributed by atoms with E-state index in [1.165, 1.54) is 29.5 Å². The van der Waals surface area contributed by atoms with Crippen molar-refractivity contribution in [3.63, 3.8) is 0 Å². The van der Waals surface area contributed by atoms with Gasteiger partial charge in [0, 0.05) is 16.8 Å². The van der Waals surface area contributed by atoms with Gasteiger partial charge in [-0.25, -0.2) is 12.8 Å². The fourth-order valence-electron chi connectivity index (χ4n) is 1.54. The fourth-order valence-corrected chi connectivity index (χ4v) is 4.26. The van der Waals surface area contributed by atoms with Gasteiger partial charge in [0.1, 0.15) is 5.82 Å². The molecule has 0 radical (unpaired) electrons. The second kappa shape index (κ2) is 6.21. The number of sulfonamides is 1. The molecule has 2 rings (SSSR count). The van der Waals surface area contributed by atoms with Gasteiger partial charge in [0.25, 0.3) is 10.0 Å². The van der Waals surface area contributed by atoms with E-state index in [0.717, 1.165) is 4.88 Å². The van der Waals surface area contributed by atoms with Crippen molar-refractivity contribution in [2.75, 3.05) is 11.8 Å². The number of hydrogen-bond donors (Lipinski definition) is 2. The predicted molar refractivity (Wildman–Crippen MR) is 82.0 cm³/mol. The lowest BCUT2D eigenvalue weighted by molar-refractivity contribution is 0.601. The molecule has 0 saturated heterocycles. The molecule has 8 heteroatoms. The third kappa shape index (κ3) is 3.57. The number of thiophene rings is 1. The van der Waals surface area contributed by atoms with Crippen LogP contribution in [0.5, 0.6) is 0 Å². The van der Waals surface area contributed by atoms with Crippen LogP contribution >= 0.6 is 27.3 Å². The van der Waals surface area contributed by atoms with Crippen LogP contribution in [0.2, 0.25) is 0 Å². The third-order valence-electron chi connectivity index (χ3n) is 2.46. The zero-order valence-corrected chi connectivity index (χ0v) is 13.7. The zero-order chi connectivity index (χ0) is 14.8. The molecule has 4 nitrogen and oxygen atoms in total. The Morgan fingerprint density at radius 2 is 2.10 bits per heavy atom. The van der Waals surface area contributed by atoms with Gasteiger partial charge in [-0.3, -0.25) is 4.72 Å². The summed E-state index contributed by atoms with van der Waals surface area (Å²) in [6, 6.07) is 5.57. The molecule has 0 unspecified atom stereocenters. The van der Waals surface area contributed by atoms with Gasteiger partial charge in [0.2, 0.25) is 0 Å². The molecule has 1 aromatic carbocycles. The third-order valence-corrected chi connectivity index (χ3v) is 5.52. The lowest BCUT2D eigenvalue weighted by atomic mass is 10.3. The highest BCUT2D eigenvalue weighted by Crippen LogP contribution is 2.24. The number of halogens is 2. The quantitative estimate of drug-likeness (QED) is 0.839. The Labute approximate surface area is 129 Å². The van der Waals surface area contributed by atoms with Crippen LogP contribution in [0.3, 0.4) is 0 Å². The summed E-state index contributed by atoms with van der Waals surface area (Å²) in [6.45, 7) is 0.613. The summed E-state index contributed by atoms with van der Waals surface area (Å²) in [5, 5.41) is 4.54. The number of benzene rings is 1. The molecule has 0 aliphatic rings. The molecule has 0 bridgehead atoms. The molecule has 0 saturated carbocycles. The molecular formula is C12H12BrFN2O2S2. The minimum Gasteiger partial charge on any atom is -0.315 e. The van der Waals surface area contributed by atoms with Crippen LogP contribution < -0.4 is 10.0 Å². The van der Waals surface area contributed by atoms with Crippen molar-refractivity contribution in [1.82, 2.24) is 5.32 Å². The minimum atomic E-state index is -3.65. The van der Waals surface area contributed by atoms with Crippen molar-refractivity contribution in [3.05, 3.63) is 44.8 Å². The smallest absolute Gasteiger partial charge is 0.262 e. The van der Waals surface area contributed by atoms with Crippen LogP contribution in [-0.4, -0.2) is 15.5 Å². The lowest BCUT2D eigenvalue weighted by Gasteiger charge is -2.07. The van der Waals surface area contributed by atoms with Crippen LogP contribution in [0.4, 0.5) is 10.1 Å². The minimum absolute atomic E-state index is 0.202. The Morgan fingerprint density at radius 1 is 1.35 bits per heavy atom. The van der Waals surface area contributed by atoms with Crippen LogP contribution in [0.15, 0.2) is 39.0 Å². The fraction of sp³-hybridized carbons (Fsp3) is 0.167. The summed E-state index contributed by atoms with van der Waals surface area (Å²) < 4.78 is 40.1. The van der Waals surface area contributed by atoms with Crippen molar-refractivity contribution in [3.8, 4) is 0 Å². The second-order valence-corrected chi connectivity index (χ2v) is 7.55. The molecule has 0 fully saturated rings. The van der Waals surface area contributed by atoms with Crippen LogP contribution in [-0.2, 0) is 16.6 Å². The largest absolute Gasteiger partial charge is 0.315 e. The first-order chi connectivity index (χ1) is 9.42. The summed E-state index contributed by atoms with van der Waals surface area (Å²) in [5.41, 5.74) is 0.305. The van der Waals surface area contributed by atoms with E-state index in [0.29, 0.717) is 12.2 Å². The van der Waals surface area contributed by atoms with Gasteiger partial charge in [0.15, 0.2) is 0 Å². The van der Waals surface area contributed by atoms with Gasteiger partial charge in [-0.1, -0.05) is 0 Å². The number of anilines is 1. The SMILES string of the molecule is CNCc1cc(S(=O)(=O)Nc2ccc(F)c(Br)c2)cs1. The van der Waals surface area contributed by atoms with Gasteiger partial charge in [-0.15, -0.1) is 11.3 Å². The van der Waals surface area contributed by atoms with E-state index in [-0.39, 0.29) is 9.37 Å². The molecule has 2 N–H and O–H groups in total. The van der Waals surface area contributed by atoms with Crippen molar-refractivity contribution in [2.24, 2.45) is 0 Å². The van der Waals surface area contributed by atoms with Gasteiger partial charge in [0.05, 0.1) is 15.1 Å². The Kier molecular flexibility index (Phi) is 4.79. The summed E-state index contributed by atoms with van der Waals surface area (Å²) in [4.78, 5) is 1.13. The summed E-state index contributed by atoms with van der Waals surface area (Å²) in [7, 11) is -1.86. The molecule has 108 valence electrons. The van der Waals surface area contributed by atoms with E-state index in [9.17, 15) is 12.8 Å². The van der Waals surface area contributed by atoms with Gasteiger partial charge in [-0.2, -0.15) is 0 Å². The van der Waals surface area contributed by atoms with E-state index < -0.39 is 15.8 Å². The Hall–Kier alpha value is -0.960. The first kappa shape index (κ1) is 15.4. The van der Waals surface area contributed by atoms with E-state index in [1.807, 2.05) is 0 Å². The van der Waals surface area contributed by atoms with Gasteiger partial charge in [-0.05, 0) is 47.2 Å². The number of rotatable bonds is 5. The maximum atomic E-state index is 13.1. The van der Waals surface area contributed by atoms with Gasteiger partial charge < -0.3 is 5.32 Å². The Bertz CT molecular complexity index is 716. The molecule has 0 spiro atoms. The van der Waals surface area contributed by atoms with Crippen LogP contribution in [0.25, 0.3) is 0 Å². The summed E-state index contributed by atoms with van der Waals surface area (Å²) in [6.07, 6.45) is 0. The second-order valence-electron chi connectivity index (χ2n) is 4.01. The maximum Gasteiger partial charge on any atom is 0.262 e. The first-order valence-electron chi connectivity index (χ1n) is 5.62. The van der Waals surface area contributed by atoms with Crippen molar-refractivity contribution in [1.29, 1.82) is 0 Å². The average molecular weight is 379 g/mol. The first-order valence-corrected chi connectivity index (χ1v) is 8.78. The average Bonchev–Trinajstić information content (AvgIpc) is 2.83. The molecule has 2 aromatic rings. The van der Waals surface area contributed by atoms with Crippen molar-refractivity contribution < 1.29 is 12.8 Å². The molecule has 1 aromatic heterocycles. The molecule has 1 heterocycles. The van der Waals surface area contributed by atoms with Gasteiger partial charge >= 0.3 is 0 Å². The van der Waals surface area contributed by atoms with E-state index in [4.69, 9.17) is 0 Å². The Balaban J connectivity index is 2.23. The number of hydrogen-bond acceptors (Lipinski definition) is 4.